The van der Waals surface area contributed by atoms with E-state index >= 15 is 0 Å². The molecule has 2 aromatic heterocycles. The zero-order valence-electron chi connectivity index (χ0n) is 17.1. The number of hydrogen-bond donors (Lipinski definition) is 2. The third kappa shape index (κ3) is 4.41. The maximum absolute atomic E-state index is 13.3. The van der Waals surface area contributed by atoms with Gasteiger partial charge in [-0.25, -0.2) is 14.2 Å². The van der Waals surface area contributed by atoms with Gasteiger partial charge in [0, 0.05) is 24.5 Å². The van der Waals surface area contributed by atoms with Crippen LogP contribution in [0.4, 0.5) is 10.1 Å². The molecule has 1 amide bonds. The number of ether oxygens (including phenoxy) is 1. The summed E-state index contributed by atoms with van der Waals surface area (Å²) < 4.78 is 20.2. The maximum atomic E-state index is 13.3. The van der Waals surface area contributed by atoms with Crippen molar-refractivity contribution in [3.8, 4) is 11.5 Å². The lowest BCUT2D eigenvalue weighted by Gasteiger charge is -2.10. The van der Waals surface area contributed by atoms with Gasteiger partial charge in [0.25, 0.3) is 11.5 Å². The van der Waals surface area contributed by atoms with Crippen LogP contribution in [0.1, 0.15) is 23.7 Å². The molecule has 0 spiro atoms. The van der Waals surface area contributed by atoms with E-state index in [1.165, 1.54) is 29.0 Å². The number of carbonyl (C=O) groups is 1. The van der Waals surface area contributed by atoms with Gasteiger partial charge in [-0.1, -0.05) is 13.0 Å². The normalized spacial score (nSPS) is 10.8. The van der Waals surface area contributed by atoms with E-state index in [0.29, 0.717) is 30.2 Å². The molecule has 0 saturated heterocycles. The van der Waals surface area contributed by atoms with Crippen molar-refractivity contribution in [3.05, 3.63) is 93.0 Å². The minimum atomic E-state index is -0.599. The van der Waals surface area contributed by atoms with Gasteiger partial charge < -0.3 is 10.1 Å². The number of hydrogen-bond acceptors (Lipinski definition) is 5. The number of carbonyl (C=O) groups excluding carboxylic acids is 1. The molecule has 8 nitrogen and oxygen atoms in total. The van der Waals surface area contributed by atoms with Gasteiger partial charge in [-0.05, 0) is 48.9 Å². The van der Waals surface area contributed by atoms with Gasteiger partial charge in [0.2, 0.25) is 0 Å². The number of nitrogens with zero attached hydrogens (tertiary/aromatic N) is 2. The van der Waals surface area contributed by atoms with Gasteiger partial charge in [-0.15, -0.1) is 0 Å². The van der Waals surface area contributed by atoms with Crippen LogP contribution in [0, 0.1) is 5.82 Å². The first-order valence-corrected chi connectivity index (χ1v) is 9.92. The number of benzene rings is 2. The first-order chi connectivity index (χ1) is 15.4. The summed E-state index contributed by atoms with van der Waals surface area (Å²) in [5.41, 5.74) is -0.236. The SMILES string of the molecule is CCCn1c(=O)[nH]c(=O)c2cc(C(=O)Nc3ccc(Oc4cccc(F)c4)cc3)cnc21. The van der Waals surface area contributed by atoms with E-state index in [-0.39, 0.29) is 16.6 Å². The van der Waals surface area contributed by atoms with Crippen molar-refractivity contribution in [3.63, 3.8) is 0 Å². The quantitative estimate of drug-likeness (QED) is 0.482. The highest BCUT2D eigenvalue weighted by molar-refractivity contribution is 6.05. The Morgan fingerprint density at radius 3 is 2.62 bits per heavy atom. The lowest BCUT2D eigenvalue weighted by molar-refractivity contribution is 0.102. The average Bonchev–Trinajstić information content (AvgIpc) is 2.77. The summed E-state index contributed by atoms with van der Waals surface area (Å²) in [6.45, 7) is 2.30. The maximum Gasteiger partial charge on any atom is 0.329 e. The Labute approximate surface area is 181 Å². The van der Waals surface area contributed by atoms with Crippen LogP contribution in [-0.4, -0.2) is 20.4 Å². The molecular formula is C23H19FN4O4. The van der Waals surface area contributed by atoms with Crippen molar-refractivity contribution in [2.45, 2.75) is 19.9 Å². The van der Waals surface area contributed by atoms with Crippen molar-refractivity contribution < 1.29 is 13.9 Å². The molecule has 0 aliphatic heterocycles. The molecule has 0 fully saturated rings. The minimum Gasteiger partial charge on any atom is -0.457 e. The summed E-state index contributed by atoms with van der Waals surface area (Å²) in [6, 6.07) is 13.7. The third-order valence-electron chi connectivity index (χ3n) is 4.69. The van der Waals surface area contributed by atoms with Crippen LogP contribution in [0.5, 0.6) is 11.5 Å². The number of nitrogens with one attached hydrogen (secondary N) is 2. The third-order valence-corrected chi connectivity index (χ3v) is 4.69. The van der Waals surface area contributed by atoms with Gasteiger partial charge in [-0.2, -0.15) is 0 Å². The fraction of sp³-hybridized carbons (Fsp3) is 0.130. The fourth-order valence-corrected chi connectivity index (χ4v) is 3.20. The minimum absolute atomic E-state index is 0.157. The highest BCUT2D eigenvalue weighted by atomic mass is 19.1. The lowest BCUT2D eigenvalue weighted by Crippen LogP contribution is -2.31. The molecule has 2 N–H and O–H groups in total. The van der Waals surface area contributed by atoms with E-state index < -0.39 is 23.0 Å². The van der Waals surface area contributed by atoms with E-state index in [9.17, 15) is 18.8 Å². The second-order valence-corrected chi connectivity index (χ2v) is 7.04. The molecule has 0 aliphatic rings. The van der Waals surface area contributed by atoms with E-state index in [4.69, 9.17) is 4.74 Å². The van der Waals surface area contributed by atoms with Crippen LogP contribution in [0.2, 0.25) is 0 Å². The van der Waals surface area contributed by atoms with Crippen LogP contribution in [0.25, 0.3) is 11.0 Å². The van der Waals surface area contributed by atoms with E-state index in [1.54, 1.807) is 36.4 Å². The summed E-state index contributed by atoms with van der Waals surface area (Å²) >= 11 is 0. The summed E-state index contributed by atoms with van der Waals surface area (Å²) in [5.74, 6) is -0.0380. The first-order valence-electron chi connectivity index (χ1n) is 9.92. The second kappa shape index (κ2) is 8.84. The van der Waals surface area contributed by atoms with Gasteiger partial charge in [0.05, 0.1) is 10.9 Å². The van der Waals surface area contributed by atoms with Crippen molar-refractivity contribution >= 4 is 22.6 Å². The molecule has 162 valence electrons. The number of amides is 1. The molecule has 2 heterocycles. The van der Waals surface area contributed by atoms with Gasteiger partial charge in [-0.3, -0.25) is 19.1 Å². The predicted octanol–water partition coefficient (Wildman–Crippen LogP) is 3.68. The molecule has 2 aromatic carbocycles. The van der Waals surface area contributed by atoms with Crippen molar-refractivity contribution in [2.75, 3.05) is 5.32 Å². The van der Waals surface area contributed by atoms with E-state index in [0.717, 1.165) is 0 Å². The number of halogens is 1. The number of anilines is 1. The molecule has 0 saturated carbocycles. The summed E-state index contributed by atoms with van der Waals surface area (Å²) in [5, 5.41) is 2.88. The van der Waals surface area contributed by atoms with Crippen molar-refractivity contribution in [1.29, 1.82) is 0 Å². The molecule has 0 atom stereocenters. The Morgan fingerprint density at radius 2 is 1.91 bits per heavy atom. The summed E-state index contributed by atoms with van der Waals surface area (Å²) in [4.78, 5) is 43.3. The smallest absolute Gasteiger partial charge is 0.329 e. The number of H-pyrrole nitrogens is 1. The monoisotopic (exact) mass is 434 g/mol. The molecule has 0 radical (unpaired) electrons. The number of fused-ring (bicyclic) bond motifs is 1. The van der Waals surface area contributed by atoms with Gasteiger partial charge in [0.15, 0.2) is 0 Å². The van der Waals surface area contributed by atoms with Gasteiger partial charge in [0.1, 0.15) is 23.0 Å². The molecule has 0 unspecified atom stereocenters. The molecule has 9 heteroatoms. The van der Waals surface area contributed by atoms with Crippen LogP contribution < -0.4 is 21.3 Å². The summed E-state index contributed by atoms with van der Waals surface area (Å²) in [7, 11) is 0. The fourth-order valence-electron chi connectivity index (χ4n) is 3.20. The topological polar surface area (TPSA) is 106 Å². The van der Waals surface area contributed by atoms with Crippen LogP contribution >= 0.6 is 0 Å². The Kier molecular flexibility index (Phi) is 5.80. The number of aryl methyl sites for hydroxylation is 1. The van der Waals surface area contributed by atoms with Crippen LogP contribution in [-0.2, 0) is 6.54 Å². The highest BCUT2D eigenvalue weighted by Crippen LogP contribution is 2.23. The van der Waals surface area contributed by atoms with Crippen molar-refractivity contribution in [1.82, 2.24) is 14.5 Å². The Hall–Kier alpha value is -4.27. The van der Waals surface area contributed by atoms with E-state index in [1.807, 2.05) is 6.92 Å². The number of aromatic amines is 1. The molecule has 4 rings (SSSR count). The van der Waals surface area contributed by atoms with Crippen molar-refractivity contribution in [2.24, 2.45) is 0 Å². The molecule has 4 aromatic rings. The average molecular weight is 434 g/mol. The number of aromatic nitrogens is 3. The van der Waals surface area contributed by atoms with Crippen LogP contribution in [0.15, 0.2) is 70.4 Å². The Morgan fingerprint density at radius 1 is 1.12 bits per heavy atom. The highest BCUT2D eigenvalue weighted by Gasteiger charge is 2.13. The lowest BCUT2D eigenvalue weighted by atomic mass is 10.2. The number of pyridine rings is 1. The molecule has 0 bridgehead atoms. The second-order valence-electron chi connectivity index (χ2n) is 7.04. The first kappa shape index (κ1) is 21.0. The Bertz CT molecular complexity index is 1410. The van der Waals surface area contributed by atoms with Crippen LogP contribution in [0.3, 0.4) is 0 Å². The largest absolute Gasteiger partial charge is 0.457 e. The molecule has 32 heavy (non-hydrogen) atoms. The number of rotatable bonds is 6. The Balaban J connectivity index is 1.53. The summed E-state index contributed by atoms with van der Waals surface area (Å²) in [6.07, 6.45) is 2.01. The molecule has 0 aliphatic carbocycles. The zero-order chi connectivity index (χ0) is 22.7. The standard InChI is InChI=1S/C23H19FN4O4/c1-2-10-28-20-19(22(30)27-23(28)31)11-14(13-25-20)21(29)26-16-6-8-17(9-7-16)32-18-5-3-4-15(24)12-18/h3-9,11-13H,2,10H2,1H3,(H,26,29)(H,27,30,31). The van der Waals surface area contributed by atoms with Gasteiger partial charge >= 0.3 is 5.69 Å². The molecular weight excluding hydrogens is 415 g/mol. The zero-order valence-corrected chi connectivity index (χ0v) is 17.1. The predicted molar refractivity (Wildman–Crippen MR) is 118 cm³/mol. The van der Waals surface area contributed by atoms with E-state index in [2.05, 4.69) is 15.3 Å².